The predicted molar refractivity (Wildman–Crippen MR) is 87.1 cm³/mol. The Bertz CT molecular complexity index is 488. The number of nitrogens with zero attached hydrogens (tertiary/aromatic N) is 2. The molecule has 0 aliphatic carbocycles. The van der Waals surface area contributed by atoms with E-state index in [4.69, 9.17) is 23.2 Å². The van der Waals surface area contributed by atoms with Crippen molar-refractivity contribution in [2.75, 3.05) is 46.3 Å². The molecule has 0 bridgehead atoms. The summed E-state index contributed by atoms with van der Waals surface area (Å²) in [5, 5.41) is 4.50. The minimum Gasteiger partial charge on any atom is -0.339 e. The predicted octanol–water partition coefficient (Wildman–Crippen LogP) is 1.90. The average molecular weight is 330 g/mol. The van der Waals surface area contributed by atoms with Gasteiger partial charge in [-0.3, -0.25) is 4.79 Å². The molecule has 6 heteroatoms. The fourth-order valence-electron chi connectivity index (χ4n) is 2.31. The number of piperazine rings is 1. The smallest absolute Gasteiger partial charge is 0.236 e. The average Bonchev–Trinajstić information content (AvgIpc) is 2.46. The van der Waals surface area contributed by atoms with Gasteiger partial charge in [0, 0.05) is 36.2 Å². The monoisotopic (exact) mass is 329 g/mol. The SMILES string of the molecule is CN1CCN(C(=O)CNCCc2ccc(Cl)cc2Cl)CC1. The van der Waals surface area contributed by atoms with E-state index in [0.717, 1.165) is 44.7 Å². The normalized spacial score (nSPS) is 16.2. The number of likely N-dealkylation sites (N-methyl/N-ethyl adjacent to an activating group) is 1. The van der Waals surface area contributed by atoms with Crippen LogP contribution in [0.2, 0.25) is 10.0 Å². The van der Waals surface area contributed by atoms with E-state index in [-0.39, 0.29) is 5.91 Å². The molecule has 1 heterocycles. The molecule has 0 atom stereocenters. The zero-order valence-corrected chi connectivity index (χ0v) is 13.8. The van der Waals surface area contributed by atoms with Crippen molar-refractivity contribution < 1.29 is 4.79 Å². The lowest BCUT2D eigenvalue weighted by Crippen LogP contribution is -2.49. The molecular weight excluding hydrogens is 309 g/mol. The Hall–Kier alpha value is -0.810. The lowest BCUT2D eigenvalue weighted by atomic mass is 10.1. The van der Waals surface area contributed by atoms with Crippen LogP contribution in [0.4, 0.5) is 0 Å². The van der Waals surface area contributed by atoms with Crippen molar-refractivity contribution in [3.63, 3.8) is 0 Å². The summed E-state index contributed by atoms with van der Waals surface area (Å²) in [5.41, 5.74) is 1.04. The molecule has 2 rings (SSSR count). The summed E-state index contributed by atoms with van der Waals surface area (Å²) < 4.78 is 0. The number of halogens is 2. The minimum atomic E-state index is 0.172. The van der Waals surface area contributed by atoms with E-state index in [0.29, 0.717) is 16.6 Å². The lowest BCUT2D eigenvalue weighted by Gasteiger charge is -2.32. The summed E-state index contributed by atoms with van der Waals surface area (Å²) in [5.74, 6) is 0.172. The van der Waals surface area contributed by atoms with Crippen LogP contribution in [0.25, 0.3) is 0 Å². The largest absolute Gasteiger partial charge is 0.339 e. The highest BCUT2D eigenvalue weighted by Crippen LogP contribution is 2.20. The molecule has 4 nitrogen and oxygen atoms in total. The summed E-state index contributed by atoms with van der Waals surface area (Å²) in [4.78, 5) is 16.2. The number of carbonyl (C=O) groups is 1. The molecule has 1 amide bonds. The second kappa shape index (κ2) is 7.99. The van der Waals surface area contributed by atoms with Crippen molar-refractivity contribution in [2.45, 2.75) is 6.42 Å². The van der Waals surface area contributed by atoms with Gasteiger partial charge < -0.3 is 15.1 Å². The Labute approximate surface area is 136 Å². The van der Waals surface area contributed by atoms with Gasteiger partial charge in [-0.25, -0.2) is 0 Å². The van der Waals surface area contributed by atoms with Crippen molar-refractivity contribution in [2.24, 2.45) is 0 Å². The second-order valence-corrected chi connectivity index (χ2v) is 6.19. The summed E-state index contributed by atoms with van der Waals surface area (Å²) in [6, 6.07) is 5.50. The first kappa shape index (κ1) is 16.6. The van der Waals surface area contributed by atoms with Crippen molar-refractivity contribution in [3.05, 3.63) is 33.8 Å². The van der Waals surface area contributed by atoms with Gasteiger partial charge in [-0.05, 0) is 37.7 Å². The Morgan fingerprint density at radius 2 is 1.95 bits per heavy atom. The third-order valence-corrected chi connectivity index (χ3v) is 4.31. The maximum absolute atomic E-state index is 12.0. The molecule has 1 fully saturated rings. The number of nitrogens with one attached hydrogen (secondary N) is 1. The van der Waals surface area contributed by atoms with Gasteiger partial charge in [-0.2, -0.15) is 0 Å². The number of carbonyl (C=O) groups excluding carboxylic acids is 1. The first-order valence-corrected chi connectivity index (χ1v) is 7.93. The van der Waals surface area contributed by atoms with Crippen molar-refractivity contribution >= 4 is 29.1 Å². The van der Waals surface area contributed by atoms with Crippen LogP contribution < -0.4 is 5.32 Å². The van der Waals surface area contributed by atoms with E-state index in [1.807, 2.05) is 17.0 Å². The maximum Gasteiger partial charge on any atom is 0.236 e. The summed E-state index contributed by atoms with van der Waals surface area (Å²) in [6.45, 7) is 4.65. The Morgan fingerprint density at radius 3 is 2.62 bits per heavy atom. The van der Waals surface area contributed by atoms with Crippen LogP contribution in [0, 0.1) is 0 Å². The van der Waals surface area contributed by atoms with Gasteiger partial charge in [0.05, 0.1) is 6.54 Å². The summed E-state index contributed by atoms with van der Waals surface area (Å²) in [7, 11) is 2.08. The van der Waals surface area contributed by atoms with E-state index in [9.17, 15) is 4.79 Å². The summed E-state index contributed by atoms with van der Waals surface area (Å²) in [6.07, 6.45) is 0.784. The van der Waals surface area contributed by atoms with Gasteiger partial charge in [0.2, 0.25) is 5.91 Å². The number of hydrogen-bond donors (Lipinski definition) is 1. The Kier molecular flexibility index (Phi) is 6.30. The molecule has 0 unspecified atom stereocenters. The van der Waals surface area contributed by atoms with Gasteiger partial charge in [0.25, 0.3) is 0 Å². The molecule has 0 saturated carbocycles. The maximum atomic E-state index is 12.0. The molecular formula is C15H21Cl2N3O. The minimum absolute atomic E-state index is 0.172. The molecule has 0 aromatic heterocycles. The quantitative estimate of drug-likeness (QED) is 0.838. The van der Waals surface area contributed by atoms with Gasteiger partial charge in [0.15, 0.2) is 0 Å². The number of hydrogen-bond acceptors (Lipinski definition) is 3. The summed E-state index contributed by atoms with van der Waals surface area (Å²) >= 11 is 12.0. The van der Waals surface area contributed by atoms with Gasteiger partial charge >= 0.3 is 0 Å². The van der Waals surface area contributed by atoms with Crippen LogP contribution in [-0.2, 0) is 11.2 Å². The Morgan fingerprint density at radius 1 is 1.24 bits per heavy atom. The highest BCUT2D eigenvalue weighted by molar-refractivity contribution is 6.35. The van der Waals surface area contributed by atoms with Crippen LogP contribution in [-0.4, -0.2) is 62.0 Å². The van der Waals surface area contributed by atoms with Crippen LogP contribution in [0.1, 0.15) is 5.56 Å². The Balaban J connectivity index is 1.68. The second-order valence-electron chi connectivity index (χ2n) is 5.35. The van der Waals surface area contributed by atoms with E-state index < -0.39 is 0 Å². The molecule has 1 aromatic carbocycles. The van der Waals surface area contributed by atoms with E-state index in [1.54, 1.807) is 6.07 Å². The van der Waals surface area contributed by atoms with Crippen molar-refractivity contribution in [1.82, 2.24) is 15.1 Å². The first-order chi connectivity index (χ1) is 10.1. The molecule has 1 aliphatic heterocycles. The first-order valence-electron chi connectivity index (χ1n) is 7.17. The standard InChI is InChI=1S/C15H21Cl2N3O/c1-19-6-8-20(9-7-19)15(21)11-18-5-4-12-2-3-13(16)10-14(12)17/h2-3,10,18H,4-9,11H2,1H3. The van der Waals surface area contributed by atoms with Gasteiger partial charge in [-0.1, -0.05) is 29.3 Å². The zero-order chi connectivity index (χ0) is 15.2. The molecule has 116 valence electrons. The van der Waals surface area contributed by atoms with E-state index >= 15 is 0 Å². The van der Waals surface area contributed by atoms with Crippen LogP contribution in [0.15, 0.2) is 18.2 Å². The molecule has 0 spiro atoms. The highest BCUT2D eigenvalue weighted by atomic mass is 35.5. The van der Waals surface area contributed by atoms with E-state index in [2.05, 4.69) is 17.3 Å². The highest BCUT2D eigenvalue weighted by Gasteiger charge is 2.18. The molecule has 21 heavy (non-hydrogen) atoms. The molecule has 1 N–H and O–H groups in total. The lowest BCUT2D eigenvalue weighted by molar-refractivity contribution is -0.131. The third kappa shape index (κ3) is 5.15. The topological polar surface area (TPSA) is 35.6 Å². The number of amides is 1. The molecule has 1 aliphatic rings. The van der Waals surface area contributed by atoms with E-state index in [1.165, 1.54) is 0 Å². The van der Waals surface area contributed by atoms with Crippen LogP contribution in [0.5, 0.6) is 0 Å². The van der Waals surface area contributed by atoms with Crippen molar-refractivity contribution in [3.8, 4) is 0 Å². The van der Waals surface area contributed by atoms with Crippen molar-refractivity contribution in [1.29, 1.82) is 0 Å². The van der Waals surface area contributed by atoms with Gasteiger partial charge in [0.1, 0.15) is 0 Å². The number of rotatable bonds is 5. The molecule has 1 aromatic rings. The van der Waals surface area contributed by atoms with Crippen LogP contribution >= 0.6 is 23.2 Å². The fraction of sp³-hybridized carbons (Fsp3) is 0.533. The van der Waals surface area contributed by atoms with Crippen LogP contribution in [0.3, 0.4) is 0 Å². The molecule has 0 radical (unpaired) electrons. The number of benzene rings is 1. The molecule has 1 saturated heterocycles. The third-order valence-electron chi connectivity index (χ3n) is 3.72. The fourth-order valence-corrected chi connectivity index (χ4v) is 2.81. The van der Waals surface area contributed by atoms with Gasteiger partial charge in [-0.15, -0.1) is 0 Å². The zero-order valence-electron chi connectivity index (χ0n) is 12.2.